The van der Waals surface area contributed by atoms with Gasteiger partial charge in [0.25, 0.3) is 5.91 Å². The Morgan fingerprint density at radius 2 is 1.84 bits per heavy atom. The lowest BCUT2D eigenvalue weighted by Gasteiger charge is -2.05. The molecule has 0 saturated heterocycles. The number of rotatable bonds is 4. The van der Waals surface area contributed by atoms with Gasteiger partial charge in [-0.2, -0.15) is 0 Å². The van der Waals surface area contributed by atoms with Crippen LogP contribution in [0.25, 0.3) is 0 Å². The first-order valence-electron chi connectivity index (χ1n) is 5.39. The lowest BCUT2D eigenvalue weighted by atomic mass is 10.2. The molecule has 7 heteroatoms. The number of thioether (sulfide) groups is 1. The van der Waals surface area contributed by atoms with Crippen molar-refractivity contribution >= 4 is 29.7 Å². The highest BCUT2D eigenvalue weighted by Crippen LogP contribution is 2.15. The van der Waals surface area contributed by atoms with Crippen molar-refractivity contribution in [1.82, 2.24) is 10.6 Å². The summed E-state index contributed by atoms with van der Waals surface area (Å²) in [5, 5.41) is 4.20. The van der Waals surface area contributed by atoms with Crippen molar-refractivity contribution in [2.75, 3.05) is 19.9 Å². The quantitative estimate of drug-likeness (QED) is 0.636. The minimum atomic E-state index is -0.687. The van der Waals surface area contributed by atoms with Crippen LogP contribution in [0.2, 0.25) is 0 Å². The maximum atomic E-state index is 11.6. The van der Waals surface area contributed by atoms with E-state index in [1.807, 2.05) is 11.6 Å². The van der Waals surface area contributed by atoms with E-state index in [2.05, 4.69) is 5.32 Å². The molecule has 19 heavy (non-hydrogen) atoms. The van der Waals surface area contributed by atoms with Crippen LogP contribution in [0.1, 0.15) is 10.4 Å². The Balaban J connectivity index is 2.46. The van der Waals surface area contributed by atoms with Crippen LogP contribution in [0.15, 0.2) is 29.2 Å². The molecule has 0 fully saturated rings. The molecule has 0 heterocycles. The molecule has 0 aliphatic rings. The number of hydrogen-bond acceptors (Lipinski definition) is 5. The van der Waals surface area contributed by atoms with Crippen molar-refractivity contribution in [2.24, 2.45) is 0 Å². The van der Waals surface area contributed by atoms with Crippen LogP contribution in [-0.4, -0.2) is 37.8 Å². The van der Waals surface area contributed by atoms with Gasteiger partial charge in [0.15, 0.2) is 6.61 Å². The average molecular weight is 282 g/mol. The summed E-state index contributed by atoms with van der Waals surface area (Å²) in [6.45, 7) is -0.503. The van der Waals surface area contributed by atoms with Gasteiger partial charge in [0, 0.05) is 11.9 Å². The van der Waals surface area contributed by atoms with Gasteiger partial charge in [-0.25, -0.2) is 9.59 Å². The summed E-state index contributed by atoms with van der Waals surface area (Å²) < 4.78 is 4.77. The zero-order valence-corrected chi connectivity index (χ0v) is 11.4. The third-order valence-electron chi connectivity index (χ3n) is 2.14. The normalized spacial score (nSPS) is 9.58. The fourth-order valence-corrected chi connectivity index (χ4v) is 1.57. The topological polar surface area (TPSA) is 84.5 Å². The fraction of sp³-hybridized carbons (Fsp3) is 0.250. The van der Waals surface area contributed by atoms with Gasteiger partial charge in [-0.05, 0) is 30.5 Å². The minimum Gasteiger partial charge on any atom is -0.452 e. The van der Waals surface area contributed by atoms with E-state index in [9.17, 15) is 14.4 Å². The number of hydrogen-bond donors (Lipinski definition) is 2. The zero-order valence-electron chi connectivity index (χ0n) is 10.6. The number of urea groups is 1. The molecular formula is C12H14N2O4S. The number of carbonyl (C=O) groups excluding carboxylic acids is 3. The molecule has 1 aromatic rings. The predicted octanol–water partition coefficient (Wildman–Crippen LogP) is 1.02. The van der Waals surface area contributed by atoms with Crippen molar-refractivity contribution in [3.63, 3.8) is 0 Å². The highest BCUT2D eigenvalue weighted by molar-refractivity contribution is 7.98. The number of benzene rings is 1. The molecular weight excluding hydrogens is 268 g/mol. The van der Waals surface area contributed by atoms with Crippen LogP contribution in [0.4, 0.5) is 4.79 Å². The summed E-state index contributed by atoms with van der Waals surface area (Å²) in [6.07, 6.45) is 1.93. The van der Waals surface area contributed by atoms with Crippen LogP contribution in [0.5, 0.6) is 0 Å². The molecule has 0 spiro atoms. The molecule has 0 aliphatic heterocycles. The van der Waals surface area contributed by atoms with E-state index in [4.69, 9.17) is 4.74 Å². The van der Waals surface area contributed by atoms with Gasteiger partial charge < -0.3 is 10.1 Å². The van der Waals surface area contributed by atoms with Crippen molar-refractivity contribution < 1.29 is 19.1 Å². The SMILES string of the molecule is CNC(=O)NC(=O)COC(=O)c1ccc(SC)cc1. The van der Waals surface area contributed by atoms with Crippen LogP contribution < -0.4 is 10.6 Å². The zero-order chi connectivity index (χ0) is 14.3. The summed E-state index contributed by atoms with van der Waals surface area (Å²) in [4.78, 5) is 34.6. The molecule has 102 valence electrons. The van der Waals surface area contributed by atoms with Crippen LogP contribution in [0, 0.1) is 0 Å². The Kier molecular flexibility index (Phi) is 5.87. The Morgan fingerprint density at radius 1 is 1.21 bits per heavy atom. The molecule has 0 aliphatic carbocycles. The molecule has 0 unspecified atom stereocenters. The van der Waals surface area contributed by atoms with E-state index in [1.165, 1.54) is 7.05 Å². The van der Waals surface area contributed by atoms with Crippen molar-refractivity contribution in [3.8, 4) is 0 Å². The smallest absolute Gasteiger partial charge is 0.338 e. The van der Waals surface area contributed by atoms with Crippen LogP contribution >= 0.6 is 11.8 Å². The lowest BCUT2D eigenvalue weighted by molar-refractivity contribution is -0.123. The number of nitrogens with one attached hydrogen (secondary N) is 2. The third kappa shape index (κ3) is 5.01. The van der Waals surface area contributed by atoms with Crippen LogP contribution in [0.3, 0.4) is 0 Å². The van der Waals surface area contributed by atoms with E-state index in [0.29, 0.717) is 5.56 Å². The van der Waals surface area contributed by atoms with E-state index >= 15 is 0 Å². The molecule has 0 bridgehead atoms. The molecule has 2 N–H and O–H groups in total. The van der Waals surface area contributed by atoms with Gasteiger partial charge in [0.2, 0.25) is 0 Å². The van der Waals surface area contributed by atoms with Gasteiger partial charge in [-0.1, -0.05) is 0 Å². The van der Waals surface area contributed by atoms with E-state index < -0.39 is 24.5 Å². The highest BCUT2D eigenvalue weighted by atomic mass is 32.2. The van der Waals surface area contributed by atoms with Crippen molar-refractivity contribution in [3.05, 3.63) is 29.8 Å². The average Bonchev–Trinajstić information content (AvgIpc) is 2.44. The van der Waals surface area contributed by atoms with Gasteiger partial charge in [-0.15, -0.1) is 11.8 Å². The van der Waals surface area contributed by atoms with Crippen molar-refractivity contribution in [2.45, 2.75) is 4.90 Å². The molecule has 1 rings (SSSR count). The molecule has 0 radical (unpaired) electrons. The predicted molar refractivity (Wildman–Crippen MR) is 71.1 cm³/mol. The molecule has 0 aromatic heterocycles. The van der Waals surface area contributed by atoms with Crippen molar-refractivity contribution in [1.29, 1.82) is 0 Å². The summed E-state index contributed by atoms with van der Waals surface area (Å²) in [5.41, 5.74) is 0.352. The summed E-state index contributed by atoms with van der Waals surface area (Å²) >= 11 is 1.56. The first-order valence-corrected chi connectivity index (χ1v) is 6.62. The second kappa shape index (κ2) is 7.42. The summed E-state index contributed by atoms with van der Waals surface area (Å²) in [5.74, 6) is -1.30. The second-order valence-corrected chi connectivity index (χ2v) is 4.31. The monoisotopic (exact) mass is 282 g/mol. The van der Waals surface area contributed by atoms with E-state index in [1.54, 1.807) is 36.0 Å². The van der Waals surface area contributed by atoms with Gasteiger partial charge in [-0.3, -0.25) is 10.1 Å². The van der Waals surface area contributed by atoms with Gasteiger partial charge in [0.05, 0.1) is 5.56 Å². The fourth-order valence-electron chi connectivity index (χ4n) is 1.17. The Labute approximate surface area is 114 Å². The number of ether oxygens (including phenoxy) is 1. The van der Waals surface area contributed by atoms with Crippen LogP contribution in [-0.2, 0) is 9.53 Å². The van der Waals surface area contributed by atoms with E-state index in [-0.39, 0.29) is 0 Å². The maximum Gasteiger partial charge on any atom is 0.338 e. The third-order valence-corrected chi connectivity index (χ3v) is 2.88. The Hall–Kier alpha value is -2.02. The molecule has 0 atom stereocenters. The Bertz CT molecular complexity index is 473. The highest BCUT2D eigenvalue weighted by Gasteiger charge is 2.11. The number of imide groups is 1. The standard InChI is InChI=1S/C12H14N2O4S/c1-13-12(17)14-10(15)7-18-11(16)8-3-5-9(19-2)6-4-8/h3-6H,7H2,1-2H3,(H2,13,14,15,17). The maximum absolute atomic E-state index is 11.6. The first kappa shape index (κ1) is 15.0. The van der Waals surface area contributed by atoms with Gasteiger partial charge >= 0.3 is 12.0 Å². The first-order chi connectivity index (χ1) is 9.06. The summed E-state index contributed by atoms with van der Waals surface area (Å²) in [6, 6.07) is 6.15. The molecule has 1 aromatic carbocycles. The summed E-state index contributed by atoms with van der Waals surface area (Å²) in [7, 11) is 1.38. The minimum absolute atomic E-state index is 0.352. The number of esters is 1. The van der Waals surface area contributed by atoms with Gasteiger partial charge in [0.1, 0.15) is 0 Å². The number of amides is 3. The molecule has 0 saturated carbocycles. The van der Waals surface area contributed by atoms with E-state index in [0.717, 1.165) is 4.90 Å². The molecule has 3 amide bonds. The second-order valence-electron chi connectivity index (χ2n) is 3.43. The number of carbonyl (C=O) groups is 3. The largest absolute Gasteiger partial charge is 0.452 e. The lowest BCUT2D eigenvalue weighted by Crippen LogP contribution is -2.39. The Morgan fingerprint density at radius 3 is 2.37 bits per heavy atom. The molecule has 6 nitrogen and oxygen atoms in total.